The summed E-state index contributed by atoms with van der Waals surface area (Å²) >= 11 is 0. The van der Waals surface area contributed by atoms with E-state index in [2.05, 4.69) is 4.98 Å². The average Bonchev–Trinajstić information content (AvgIpc) is 2.45. The number of hydrogen-bond donors (Lipinski definition) is 2. The lowest BCUT2D eigenvalue weighted by Gasteiger charge is -2.05. The number of fused-ring (bicyclic) bond motifs is 3. The number of aromatic amines is 1. The minimum atomic E-state index is -1.38. The Bertz CT molecular complexity index is 998. The van der Waals surface area contributed by atoms with Gasteiger partial charge in [-0.1, -0.05) is 0 Å². The van der Waals surface area contributed by atoms with Gasteiger partial charge in [-0.3, -0.25) is 9.59 Å². The molecule has 21 heavy (non-hydrogen) atoms. The highest BCUT2D eigenvalue weighted by atomic mass is 16.5. The van der Waals surface area contributed by atoms with Gasteiger partial charge in [0.15, 0.2) is 11.0 Å². The summed E-state index contributed by atoms with van der Waals surface area (Å²) in [4.78, 5) is 37.4. The normalized spacial score (nSPS) is 10.9. The zero-order chi connectivity index (χ0) is 15.1. The lowest BCUT2D eigenvalue weighted by Crippen LogP contribution is -2.17. The molecule has 0 atom stereocenters. The molecular weight excluding hydrogens is 278 g/mol. The van der Waals surface area contributed by atoms with Crippen molar-refractivity contribution in [1.82, 2.24) is 4.98 Å². The highest BCUT2D eigenvalue weighted by molar-refractivity contribution is 6.02. The fourth-order valence-corrected chi connectivity index (χ4v) is 2.14. The Hall–Kier alpha value is -3.09. The van der Waals surface area contributed by atoms with Gasteiger partial charge in [0.05, 0.1) is 12.6 Å². The third-order valence-electron chi connectivity index (χ3n) is 3.11. The lowest BCUT2D eigenvalue weighted by molar-refractivity contribution is 0.0663. The Morgan fingerprint density at radius 1 is 1.29 bits per heavy atom. The number of aromatic carboxylic acids is 1. The molecule has 0 aliphatic rings. The van der Waals surface area contributed by atoms with Crippen molar-refractivity contribution in [3.05, 3.63) is 50.6 Å². The van der Waals surface area contributed by atoms with Crippen LogP contribution < -0.4 is 15.7 Å². The van der Waals surface area contributed by atoms with Crippen molar-refractivity contribution in [3.8, 4) is 5.75 Å². The van der Waals surface area contributed by atoms with Crippen LogP contribution in [0.4, 0.5) is 0 Å². The van der Waals surface area contributed by atoms with Gasteiger partial charge in [-0.15, -0.1) is 0 Å². The Labute approximate surface area is 116 Å². The van der Waals surface area contributed by atoms with Crippen LogP contribution in [0.3, 0.4) is 0 Å². The van der Waals surface area contributed by atoms with Crippen LogP contribution >= 0.6 is 0 Å². The molecule has 2 aromatic heterocycles. The van der Waals surface area contributed by atoms with E-state index in [1.54, 1.807) is 18.2 Å². The zero-order valence-corrected chi connectivity index (χ0v) is 10.8. The van der Waals surface area contributed by atoms with E-state index in [0.29, 0.717) is 16.7 Å². The molecule has 2 N–H and O–H groups in total. The predicted octanol–water partition coefficient (Wildman–Crippen LogP) is 1.34. The molecule has 2 heterocycles. The van der Waals surface area contributed by atoms with Gasteiger partial charge in [0.1, 0.15) is 11.1 Å². The molecule has 1 aromatic carbocycles. The Morgan fingerprint density at radius 3 is 2.71 bits per heavy atom. The summed E-state index contributed by atoms with van der Waals surface area (Å²) in [6.45, 7) is 0. The zero-order valence-electron chi connectivity index (χ0n) is 10.8. The van der Waals surface area contributed by atoms with Gasteiger partial charge in [-0.25, -0.2) is 4.79 Å². The third kappa shape index (κ3) is 1.95. The molecule has 3 rings (SSSR count). The molecule has 0 spiro atoms. The first-order valence-corrected chi connectivity index (χ1v) is 5.92. The largest absolute Gasteiger partial charge is 0.497 e. The van der Waals surface area contributed by atoms with Crippen LogP contribution in [-0.2, 0) is 0 Å². The van der Waals surface area contributed by atoms with E-state index in [0.717, 1.165) is 6.07 Å². The highest BCUT2D eigenvalue weighted by Crippen LogP contribution is 2.24. The SMILES string of the molecule is COc1ccc2c(c1)[nH]c(=O)c1c(=O)cc(C(=O)O)oc12. The summed E-state index contributed by atoms with van der Waals surface area (Å²) in [6.07, 6.45) is 0. The first-order chi connectivity index (χ1) is 10.0. The van der Waals surface area contributed by atoms with Crippen molar-refractivity contribution in [2.45, 2.75) is 0 Å². The number of benzene rings is 1. The molecule has 0 unspecified atom stereocenters. The minimum absolute atomic E-state index is 0.0543. The van der Waals surface area contributed by atoms with E-state index in [4.69, 9.17) is 14.3 Å². The maximum absolute atomic E-state index is 12.0. The van der Waals surface area contributed by atoms with Gasteiger partial charge < -0.3 is 19.2 Å². The molecule has 0 saturated carbocycles. The molecule has 0 aliphatic heterocycles. The van der Waals surface area contributed by atoms with Gasteiger partial charge in [0.25, 0.3) is 5.56 Å². The number of nitrogens with one attached hydrogen (secondary N) is 1. The van der Waals surface area contributed by atoms with Crippen molar-refractivity contribution in [2.24, 2.45) is 0 Å². The van der Waals surface area contributed by atoms with Crippen LogP contribution in [0.1, 0.15) is 10.6 Å². The fourth-order valence-electron chi connectivity index (χ4n) is 2.14. The van der Waals surface area contributed by atoms with Crippen molar-refractivity contribution in [2.75, 3.05) is 7.11 Å². The monoisotopic (exact) mass is 287 g/mol. The van der Waals surface area contributed by atoms with Gasteiger partial charge in [-0.05, 0) is 12.1 Å². The second kappa shape index (κ2) is 4.48. The maximum atomic E-state index is 12.0. The van der Waals surface area contributed by atoms with Gasteiger partial charge in [0, 0.05) is 17.5 Å². The van der Waals surface area contributed by atoms with Crippen molar-refractivity contribution in [3.63, 3.8) is 0 Å². The molecule has 0 aliphatic carbocycles. The number of H-pyrrole nitrogens is 1. The van der Waals surface area contributed by atoms with E-state index >= 15 is 0 Å². The highest BCUT2D eigenvalue weighted by Gasteiger charge is 2.16. The van der Waals surface area contributed by atoms with Gasteiger partial charge in [-0.2, -0.15) is 0 Å². The quantitative estimate of drug-likeness (QED) is 0.688. The van der Waals surface area contributed by atoms with Crippen molar-refractivity contribution >= 4 is 27.8 Å². The Balaban J connectivity index is 2.55. The summed E-state index contributed by atoms with van der Waals surface area (Å²) < 4.78 is 10.3. The molecule has 0 bridgehead atoms. The van der Waals surface area contributed by atoms with Gasteiger partial charge >= 0.3 is 5.97 Å². The third-order valence-corrected chi connectivity index (χ3v) is 3.11. The Kier molecular flexibility index (Phi) is 2.76. The number of ether oxygens (including phenoxy) is 1. The maximum Gasteiger partial charge on any atom is 0.371 e. The van der Waals surface area contributed by atoms with Crippen LogP contribution in [-0.4, -0.2) is 23.2 Å². The standard InChI is InChI=1S/C14H9NO6/c1-20-6-2-3-7-8(4-6)15-13(17)11-9(16)5-10(14(18)19)21-12(7)11/h2-5H,1H3,(H,15,17)(H,18,19). The summed E-state index contributed by atoms with van der Waals surface area (Å²) in [5.74, 6) is -1.39. The molecule has 7 nitrogen and oxygen atoms in total. The number of carbonyl (C=O) groups is 1. The van der Waals surface area contributed by atoms with Crippen LogP contribution in [0, 0.1) is 0 Å². The molecule has 0 saturated heterocycles. The molecule has 3 aromatic rings. The Morgan fingerprint density at radius 2 is 2.05 bits per heavy atom. The van der Waals surface area contributed by atoms with E-state index in [1.807, 2.05) is 0 Å². The van der Waals surface area contributed by atoms with Crippen LogP contribution in [0.5, 0.6) is 5.75 Å². The summed E-state index contributed by atoms with van der Waals surface area (Å²) in [7, 11) is 1.48. The second-order valence-electron chi connectivity index (χ2n) is 4.35. The van der Waals surface area contributed by atoms with Crippen molar-refractivity contribution in [1.29, 1.82) is 0 Å². The fraction of sp³-hybridized carbons (Fsp3) is 0.0714. The van der Waals surface area contributed by atoms with E-state index in [9.17, 15) is 14.4 Å². The lowest BCUT2D eigenvalue weighted by atomic mass is 10.1. The van der Waals surface area contributed by atoms with Crippen LogP contribution in [0.15, 0.2) is 38.3 Å². The number of pyridine rings is 1. The van der Waals surface area contributed by atoms with E-state index in [1.165, 1.54) is 7.11 Å². The van der Waals surface area contributed by atoms with Crippen LogP contribution in [0.25, 0.3) is 21.9 Å². The predicted molar refractivity (Wildman–Crippen MR) is 74.1 cm³/mol. The first kappa shape index (κ1) is 12.9. The number of aromatic nitrogens is 1. The molecule has 106 valence electrons. The topological polar surface area (TPSA) is 110 Å². The second-order valence-corrected chi connectivity index (χ2v) is 4.35. The number of rotatable bonds is 2. The number of carboxylic acids is 1. The number of methoxy groups -OCH3 is 1. The van der Waals surface area contributed by atoms with Gasteiger partial charge in [0.2, 0.25) is 5.76 Å². The van der Waals surface area contributed by atoms with E-state index in [-0.39, 0.29) is 11.0 Å². The average molecular weight is 287 g/mol. The number of carboxylic acid groups (broad SMARTS) is 1. The summed E-state index contributed by atoms with van der Waals surface area (Å²) in [6, 6.07) is 5.55. The smallest absolute Gasteiger partial charge is 0.371 e. The molecule has 7 heteroatoms. The molecular formula is C14H9NO6. The summed E-state index contributed by atoms with van der Waals surface area (Å²) in [5.41, 5.74) is -1.01. The number of hydrogen-bond acceptors (Lipinski definition) is 5. The molecule has 0 amide bonds. The van der Waals surface area contributed by atoms with E-state index < -0.39 is 22.7 Å². The minimum Gasteiger partial charge on any atom is -0.497 e. The van der Waals surface area contributed by atoms with Crippen LogP contribution in [0.2, 0.25) is 0 Å². The van der Waals surface area contributed by atoms with Crippen molar-refractivity contribution < 1.29 is 19.1 Å². The molecule has 0 radical (unpaired) electrons. The summed E-state index contributed by atoms with van der Waals surface area (Å²) in [5, 5.41) is 9.17. The first-order valence-electron chi connectivity index (χ1n) is 5.92. The molecule has 0 fully saturated rings.